The van der Waals surface area contributed by atoms with E-state index in [9.17, 15) is 9.59 Å². The number of carbonyl (C=O) groups is 2. The number of para-hydroxylation sites is 2. The van der Waals surface area contributed by atoms with Gasteiger partial charge in [-0.15, -0.1) is 0 Å². The first-order chi connectivity index (χ1) is 14.0. The highest BCUT2D eigenvalue weighted by atomic mass is 16.2. The van der Waals surface area contributed by atoms with Crippen LogP contribution >= 0.6 is 0 Å². The summed E-state index contributed by atoms with van der Waals surface area (Å²) in [7, 11) is 1.81. The Labute approximate surface area is 170 Å². The molecule has 2 heterocycles. The van der Waals surface area contributed by atoms with Crippen LogP contribution < -0.4 is 4.90 Å². The molecule has 6 nitrogen and oxygen atoms in total. The van der Waals surface area contributed by atoms with E-state index in [1.807, 2.05) is 55.3 Å². The average molecular weight is 390 g/mol. The quantitative estimate of drug-likeness (QED) is 0.668. The number of fused-ring (bicyclic) bond motifs is 2. The van der Waals surface area contributed by atoms with Gasteiger partial charge in [-0.25, -0.2) is 4.98 Å². The van der Waals surface area contributed by atoms with Gasteiger partial charge in [-0.1, -0.05) is 19.1 Å². The van der Waals surface area contributed by atoms with Gasteiger partial charge in [-0.2, -0.15) is 0 Å². The zero-order valence-corrected chi connectivity index (χ0v) is 17.2. The first-order valence-corrected chi connectivity index (χ1v) is 10.2. The fourth-order valence-electron chi connectivity index (χ4n) is 4.09. The van der Waals surface area contributed by atoms with Crippen LogP contribution in [0.1, 0.15) is 42.0 Å². The molecule has 0 atom stereocenters. The number of imidazole rings is 1. The standard InChI is InChI=1S/C23H26N4O2/c1-4-22(28)27-13-12-16-14-17(10-11-19(16)27)23(29)25(3)15-21-24-18-8-6-7-9-20(18)26(21)5-2/h6-11,14H,4-5,12-13,15H2,1-3H3. The molecule has 0 N–H and O–H groups in total. The normalized spacial score (nSPS) is 13.0. The van der Waals surface area contributed by atoms with E-state index < -0.39 is 0 Å². The molecule has 0 unspecified atom stereocenters. The molecule has 0 fully saturated rings. The van der Waals surface area contributed by atoms with Crippen molar-refractivity contribution in [1.82, 2.24) is 14.5 Å². The molecule has 0 spiro atoms. The number of nitrogens with zero attached hydrogens (tertiary/aromatic N) is 4. The Morgan fingerprint density at radius 3 is 2.69 bits per heavy atom. The van der Waals surface area contributed by atoms with E-state index in [4.69, 9.17) is 4.98 Å². The molecular formula is C23H26N4O2. The van der Waals surface area contributed by atoms with Gasteiger partial charge in [0.15, 0.2) is 0 Å². The lowest BCUT2D eigenvalue weighted by atomic mass is 10.1. The lowest BCUT2D eigenvalue weighted by Crippen LogP contribution is -2.28. The van der Waals surface area contributed by atoms with Gasteiger partial charge in [0.1, 0.15) is 5.82 Å². The van der Waals surface area contributed by atoms with Crippen LogP contribution in [0.25, 0.3) is 11.0 Å². The van der Waals surface area contributed by atoms with Gasteiger partial charge in [-0.05, 0) is 49.2 Å². The van der Waals surface area contributed by atoms with Crippen molar-refractivity contribution in [2.45, 2.75) is 39.8 Å². The summed E-state index contributed by atoms with van der Waals surface area (Å²) in [6, 6.07) is 13.7. The van der Waals surface area contributed by atoms with Gasteiger partial charge in [0.25, 0.3) is 5.91 Å². The van der Waals surface area contributed by atoms with Crippen molar-refractivity contribution in [3.8, 4) is 0 Å². The molecule has 0 saturated carbocycles. The fourth-order valence-corrected chi connectivity index (χ4v) is 4.09. The molecule has 150 valence electrons. The highest BCUT2D eigenvalue weighted by molar-refractivity contribution is 5.98. The number of anilines is 1. The van der Waals surface area contributed by atoms with E-state index in [1.165, 1.54) is 0 Å². The summed E-state index contributed by atoms with van der Waals surface area (Å²) < 4.78 is 2.15. The number of rotatable bonds is 5. The number of benzene rings is 2. The van der Waals surface area contributed by atoms with E-state index in [2.05, 4.69) is 17.6 Å². The molecule has 4 rings (SSSR count). The number of aryl methyl sites for hydroxylation is 1. The monoisotopic (exact) mass is 390 g/mol. The van der Waals surface area contributed by atoms with Crippen LogP contribution in [0.3, 0.4) is 0 Å². The van der Waals surface area contributed by atoms with E-state index in [-0.39, 0.29) is 11.8 Å². The molecule has 2 amide bonds. The Morgan fingerprint density at radius 1 is 1.14 bits per heavy atom. The summed E-state index contributed by atoms with van der Waals surface area (Å²) in [4.78, 5) is 33.4. The first-order valence-electron chi connectivity index (χ1n) is 10.2. The van der Waals surface area contributed by atoms with Crippen LogP contribution in [-0.4, -0.2) is 39.9 Å². The van der Waals surface area contributed by atoms with Crippen LogP contribution in [0.2, 0.25) is 0 Å². The molecule has 1 aromatic heterocycles. The van der Waals surface area contributed by atoms with Gasteiger partial charge in [-0.3, -0.25) is 9.59 Å². The second kappa shape index (κ2) is 7.70. The van der Waals surface area contributed by atoms with Crippen LogP contribution in [0.15, 0.2) is 42.5 Å². The summed E-state index contributed by atoms with van der Waals surface area (Å²) in [6.07, 6.45) is 1.28. The van der Waals surface area contributed by atoms with E-state index in [1.54, 1.807) is 4.90 Å². The lowest BCUT2D eigenvalue weighted by molar-refractivity contribution is -0.118. The smallest absolute Gasteiger partial charge is 0.254 e. The Hall–Kier alpha value is -3.15. The molecule has 29 heavy (non-hydrogen) atoms. The van der Waals surface area contributed by atoms with E-state index in [0.29, 0.717) is 25.1 Å². The van der Waals surface area contributed by atoms with Crippen LogP contribution in [-0.2, 0) is 24.3 Å². The molecule has 0 radical (unpaired) electrons. The van der Waals surface area contributed by atoms with Crippen molar-refractivity contribution >= 4 is 28.5 Å². The molecule has 1 aliphatic rings. The lowest BCUT2D eigenvalue weighted by Gasteiger charge is -2.19. The van der Waals surface area contributed by atoms with Crippen molar-refractivity contribution in [2.75, 3.05) is 18.5 Å². The minimum Gasteiger partial charge on any atom is -0.334 e. The predicted octanol–water partition coefficient (Wildman–Crippen LogP) is 3.63. The maximum Gasteiger partial charge on any atom is 0.254 e. The minimum absolute atomic E-state index is 0.0391. The third-order valence-electron chi connectivity index (χ3n) is 5.60. The molecule has 0 aliphatic carbocycles. The Bertz CT molecular complexity index is 1090. The molecule has 2 aromatic carbocycles. The van der Waals surface area contributed by atoms with Crippen molar-refractivity contribution < 1.29 is 9.59 Å². The maximum absolute atomic E-state index is 13.0. The molecule has 3 aromatic rings. The minimum atomic E-state index is -0.0391. The first kappa shape index (κ1) is 19.2. The number of hydrogen-bond donors (Lipinski definition) is 0. The molecule has 0 saturated heterocycles. The Balaban J connectivity index is 1.56. The number of aromatic nitrogens is 2. The van der Waals surface area contributed by atoms with Gasteiger partial charge in [0.2, 0.25) is 5.91 Å². The van der Waals surface area contributed by atoms with Gasteiger partial charge in [0.05, 0.1) is 17.6 Å². The zero-order valence-electron chi connectivity index (χ0n) is 17.2. The zero-order chi connectivity index (χ0) is 20.5. The molecule has 1 aliphatic heterocycles. The second-order valence-corrected chi connectivity index (χ2v) is 7.41. The molecular weight excluding hydrogens is 364 g/mol. The van der Waals surface area contributed by atoms with Crippen LogP contribution in [0.5, 0.6) is 0 Å². The fraction of sp³-hybridized carbons (Fsp3) is 0.348. The van der Waals surface area contributed by atoms with Gasteiger partial charge in [0, 0.05) is 37.8 Å². The van der Waals surface area contributed by atoms with Crippen molar-refractivity contribution in [3.63, 3.8) is 0 Å². The topological polar surface area (TPSA) is 58.4 Å². The maximum atomic E-state index is 13.0. The van der Waals surface area contributed by atoms with Crippen molar-refractivity contribution in [2.24, 2.45) is 0 Å². The largest absolute Gasteiger partial charge is 0.334 e. The predicted molar refractivity (Wildman–Crippen MR) is 114 cm³/mol. The third-order valence-corrected chi connectivity index (χ3v) is 5.60. The SMILES string of the molecule is CCC(=O)N1CCc2cc(C(=O)N(C)Cc3nc4ccccc4n3CC)ccc21. The Morgan fingerprint density at radius 2 is 1.93 bits per heavy atom. The average Bonchev–Trinajstić information content (AvgIpc) is 3.32. The molecule has 0 bridgehead atoms. The summed E-state index contributed by atoms with van der Waals surface area (Å²) in [6.45, 7) is 5.90. The second-order valence-electron chi connectivity index (χ2n) is 7.41. The van der Waals surface area contributed by atoms with Gasteiger partial charge < -0.3 is 14.4 Å². The van der Waals surface area contributed by atoms with E-state index in [0.717, 1.165) is 41.1 Å². The number of hydrogen-bond acceptors (Lipinski definition) is 3. The molecule has 6 heteroatoms. The van der Waals surface area contributed by atoms with Crippen LogP contribution in [0.4, 0.5) is 5.69 Å². The van der Waals surface area contributed by atoms with Crippen molar-refractivity contribution in [3.05, 3.63) is 59.4 Å². The highest BCUT2D eigenvalue weighted by Gasteiger charge is 2.25. The summed E-state index contributed by atoms with van der Waals surface area (Å²) >= 11 is 0. The van der Waals surface area contributed by atoms with E-state index >= 15 is 0 Å². The third kappa shape index (κ3) is 3.39. The van der Waals surface area contributed by atoms with Crippen molar-refractivity contribution in [1.29, 1.82) is 0 Å². The summed E-state index contributed by atoms with van der Waals surface area (Å²) in [5.74, 6) is 0.964. The number of amides is 2. The summed E-state index contributed by atoms with van der Waals surface area (Å²) in [5.41, 5.74) is 4.68. The van der Waals surface area contributed by atoms with Gasteiger partial charge >= 0.3 is 0 Å². The van der Waals surface area contributed by atoms with Crippen LogP contribution in [0, 0.1) is 0 Å². The highest BCUT2D eigenvalue weighted by Crippen LogP contribution is 2.30. The number of carbonyl (C=O) groups excluding carboxylic acids is 2. The summed E-state index contributed by atoms with van der Waals surface area (Å²) in [5, 5.41) is 0. The Kier molecular flexibility index (Phi) is 5.09.